The molecule has 0 aliphatic carbocycles. The van der Waals surface area contributed by atoms with Gasteiger partial charge in [-0.2, -0.15) is 0 Å². The molecule has 0 bridgehead atoms. The zero-order valence-corrected chi connectivity index (χ0v) is 14.5. The van der Waals surface area contributed by atoms with Crippen molar-refractivity contribution in [1.82, 2.24) is 10.1 Å². The number of rotatable bonds is 2. The fourth-order valence-corrected chi connectivity index (χ4v) is 3.96. The minimum absolute atomic E-state index is 0.0519. The van der Waals surface area contributed by atoms with E-state index in [0.717, 1.165) is 16.9 Å². The standard InChI is InChI=1S/C20H16N4O3/c1-23-15-5-3-2-4-14(15)18-16(23)10-11-17(25)24(18)13-8-6-12(7-9-13)19-21-20(26)27-22-19/h2-11,16,18H,1H3,(H,21,22,26). The second-order valence-corrected chi connectivity index (χ2v) is 6.66. The smallest absolute Gasteiger partial charge is 0.365 e. The number of benzene rings is 2. The average Bonchev–Trinajstić information content (AvgIpc) is 3.25. The fraction of sp³-hybridized carbons (Fsp3) is 0.150. The first kappa shape index (κ1) is 15.6. The van der Waals surface area contributed by atoms with Gasteiger partial charge in [-0.3, -0.25) is 19.2 Å². The Morgan fingerprint density at radius 3 is 2.59 bits per heavy atom. The fourth-order valence-electron chi connectivity index (χ4n) is 3.96. The van der Waals surface area contributed by atoms with Crippen molar-refractivity contribution in [3.8, 4) is 11.4 Å². The molecule has 0 saturated heterocycles. The van der Waals surface area contributed by atoms with Crippen LogP contribution in [-0.2, 0) is 4.79 Å². The van der Waals surface area contributed by atoms with Gasteiger partial charge >= 0.3 is 5.76 Å². The molecule has 0 radical (unpaired) electrons. The Morgan fingerprint density at radius 1 is 1.07 bits per heavy atom. The van der Waals surface area contributed by atoms with Crippen molar-refractivity contribution in [1.29, 1.82) is 0 Å². The molecule has 3 heterocycles. The molecule has 1 amide bonds. The quantitative estimate of drug-likeness (QED) is 0.759. The number of anilines is 2. The van der Waals surface area contributed by atoms with Crippen molar-refractivity contribution in [3.05, 3.63) is 76.8 Å². The van der Waals surface area contributed by atoms with E-state index in [1.807, 2.05) is 54.4 Å². The molecule has 1 aromatic heterocycles. The lowest BCUT2D eigenvalue weighted by molar-refractivity contribution is -0.115. The maximum Gasteiger partial charge on any atom is 0.439 e. The van der Waals surface area contributed by atoms with Crippen LogP contribution in [0.4, 0.5) is 11.4 Å². The molecule has 3 aromatic rings. The Hall–Kier alpha value is -3.61. The predicted molar refractivity (Wildman–Crippen MR) is 101 cm³/mol. The maximum absolute atomic E-state index is 12.8. The molecule has 2 atom stereocenters. The number of carbonyl (C=O) groups is 1. The predicted octanol–water partition coefficient (Wildman–Crippen LogP) is 2.49. The van der Waals surface area contributed by atoms with Crippen molar-refractivity contribution in [2.75, 3.05) is 16.8 Å². The Morgan fingerprint density at radius 2 is 1.85 bits per heavy atom. The molecular weight excluding hydrogens is 344 g/mol. The van der Waals surface area contributed by atoms with E-state index in [4.69, 9.17) is 0 Å². The lowest BCUT2D eigenvalue weighted by Gasteiger charge is -2.36. The number of hydrogen-bond donors (Lipinski definition) is 1. The lowest BCUT2D eigenvalue weighted by Crippen LogP contribution is -2.44. The SMILES string of the molecule is CN1c2ccccc2C2C1C=CC(=O)N2c1ccc(-c2noc(=O)[nH]2)cc1. The number of H-pyrrole nitrogens is 1. The highest BCUT2D eigenvalue weighted by Crippen LogP contribution is 2.45. The first-order valence-electron chi connectivity index (χ1n) is 8.63. The molecule has 5 rings (SSSR count). The summed E-state index contributed by atoms with van der Waals surface area (Å²) < 4.78 is 4.55. The topological polar surface area (TPSA) is 82.4 Å². The van der Waals surface area contributed by atoms with E-state index in [1.165, 1.54) is 0 Å². The van der Waals surface area contributed by atoms with Crippen LogP contribution in [-0.4, -0.2) is 29.1 Å². The van der Waals surface area contributed by atoms with Crippen molar-refractivity contribution in [3.63, 3.8) is 0 Å². The Balaban J connectivity index is 1.57. The van der Waals surface area contributed by atoms with E-state index in [2.05, 4.69) is 31.7 Å². The zero-order valence-electron chi connectivity index (χ0n) is 14.5. The van der Waals surface area contributed by atoms with Gasteiger partial charge in [-0.15, -0.1) is 0 Å². The summed E-state index contributed by atoms with van der Waals surface area (Å²) in [6.45, 7) is 0. The second kappa shape index (κ2) is 5.70. The number of likely N-dealkylation sites (N-methyl/N-ethyl adjacent to an activating group) is 1. The van der Waals surface area contributed by atoms with Crippen LogP contribution in [0.25, 0.3) is 11.4 Å². The van der Waals surface area contributed by atoms with Crippen molar-refractivity contribution in [2.24, 2.45) is 0 Å². The highest BCUT2D eigenvalue weighted by atomic mass is 16.5. The maximum atomic E-state index is 12.8. The van der Waals surface area contributed by atoms with Crippen LogP contribution in [0.1, 0.15) is 11.6 Å². The Bertz CT molecular complexity index is 1110. The zero-order chi connectivity index (χ0) is 18.5. The molecule has 0 spiro atoms. The average molecular weight is 360 g/mol. The van der Waals surface area contributed by atoms with Gasteiger partial charge in [0.15, 0.2) is 5.82 Å². The van der Waals surface area contributed by atoms with Crippen molar-refractivity contribution >= 4 is 17.3 Å². The molecule has 1 N–H and O–H groups in total. The Kier molecular flexibility index (Phi) is 3.30. The molecular formula is C20H16N4O3. The lowest BCUT2D eigenvalue weighted by atomic mass is 9.97. The van der Waals surface area contributed by atoms with Crippen LogP contribution in [0.2, 0.25) is 0 Å². The summed E-state index contributed by atoms with van der Waals surface area (Å²) in [4.78, 5) is 30.4. The van der Waals surface area contributed by atoms with E-state index < -0.39 is 5.76 Å². The van der Waals surface area contributed by atoms with E-state index >= 15 is 0 Å². The van der Waals surface area contributed by atoms with Crippen molar-refractivity contribution in [2.45, 2.75) is 12.1 Å². The highest BCUT2D eigenvalue weighted by Gasteiger charge is 2.43. The number of nitrogens with zero attached hydrogens (tertiary/aromatic N) is 3. The molecule has 134 valence electrons. The number of aromatic nitrogens is 2. The highest BCUT2D eigenvalue weighted by molar-refractivity contribution is 6.04. The third-order valence-electron chi connectivity index (χ3n) is 5.22. The van der Waals surface area contributed by atoms with Crippen LogP contribution in [0.5, 0.6) is 0 Å². The molecule has 7 heteroatoms. The number of nitrogens with one attached hydrogen (secondary N) is 1. The summed E-state index contributed by atoms with van der Waals surface area (Å²) in [6.07, 6.45) is 3.60. The molecule has 2 unspecified atom stereocenters. The van der Waals surface area contributed by atoms with Crippen LogP contribution >= 0.6 is 0 Å². The van der Waals surface area contributed by atoms with Gasteiger partial charge in [0.25, 0.3) is 5.91 Å². The summed E-state index contributed by atoms with van der Waals surface area (Å²) in [7, 11) is 2.05. The monoisotopic (exact) mass is 360 g/mol. The molecule has 2 aliphatic heterocycles. The summed E-state index contributed by atoms with van der Waals surface area (Å²) >= 11 is 0. The minimum atomic E-state index is -0.598. The van der Waals surface area contributed by atoms with Crippen LogP contribution in [0.3, 0.4) is 0 Å². The van der Waals surface area contributed by atoms with Crippen LogP contribution < -0.4 is 15.6 Å². The summed E-state index contributed by atoms with van der Waals surface area (Å²) in [5.41, 5.74) is 3.77. The molecule has 7 nitrogen and oxygen atoms in total. The number of para-hydroxylation sites is 1. The van der Waals surface area contributed by atoms with Gasteiger partial charge in [-0.05, 0) is 30.3 Å². The Labute approximate surface area is 154 Å². The van der Waals surface area contributed by atoms with Gasteiger partial charge in [-0.25, -0.2) is 4.79 Å². The molecule has 2 aliphatic rings. The van der Waals surface area contributed by atoms with Gasteiger partial charge in [0.05, 0.1) is 12.1 Å². The molecule has 0 saturated carbocycles. The molecule has 0 fully saturated rings. The first-order valence-corrected chi connectivity index (χ1v) is 8.63. The first-order chi connectivity index (χ1) is 13.1. The molecule has 27 heavy (non-hydrogen) atoms. The number of aromatic amines is 1. The van der Waals surface area contributed by atoms with E-state index in [1.54, 1.807) is 6.08 Å². The third-order valence-corrected chi connectivity index (χ3v) is 5.22. The van der Waals surface area contributed by atoms with Gasteiger partial charge in [0.1, 0.15) is 0 Å². The van der Waals surface area contributed by atoms with E-state index in [0.29, 0.717) is 11.4 Å². The van der Waals surface area contributed by atoms with Gasteiger partial charge in [0, 0.05) is 35.6 Å². The number of fused-ring (bicyclic) bond motifs is 3. The number of hydrogen-bond acceptors (Lipinski definition) is 5. The molecule has 2 aromatic carbocycles. The minimum Gasteiger partial charge on any atom is -0.365 e. The van der Waals surface area contributed by atoms with Gasteiger partial charge < -0.3 is 4.90 Å². The number of carbonyl (C=O) groups excluding carboxylic acids is 1. The normalized spacial score (nSPS) is 20.7. The van der Waals surface area contributed by atoms with Crippen LogP contribution in [0.15, 0.2) is 70.0 Å². The van der Waals surface area contributed by atoms with Crippen molar-refractivity contribution < 1.29 is 9.32 Å². The van der Waals surface area contributed by atoms with E-state index in [9.17, 15) is 9.59 Å². The second-order valence-electron chi connectivity index (χ2n) is 6.66. The number of amides is 1. The largest absolute Gasteiger partial charge is 0.439 e. The van der Waals surface area contributed by atoms with Gasteiger partial charge in [0.2, 0.25) is 0 Å². The van der Waals surface area contributed by atoms with Gasteiger partial charge in [-0.1, -0.05) is 29.4 Å². The van der Waals surface area contributed by atoms with E-state index in [-0.39, 0.29) is 18.0 Å². The summed E-state index contributed by atoms with van der Waals surface area (Å²) in [6, 6.07) is 15.5. The summed E-state index contributed by atoms with van der Waals surface area (Å²) in [5, 5.41) is 3.69. The summed E-state index contributed by atoms with van der Waals surface area (Å²) in [5.74, 6) is -0.289. The van der Waals surface area contributed by atoms with Crippen LogP contribution in [0, 0.1) is 0 Å². The third kappa shape index (κ3) is 2.32.